The van der Waals surface area contributed by atoms with Crippen LogP contribution in [-0.2, 0) is 21.2 Å². The Morgan fingerprint density at radius 1 is 1.07 bits per heavy atom. The minimum atomic E-state index is -4.98. The number of ether oxygens (including phenoxy) is 2. The summed E-state index contributed by atoms with van der Waals surface area (Å²) < 4.78 is 74.5. The molecule has 0 saturated carbocycles. The SMILES string of the molecule is O=S(=O)(c1ccccc1OC(F)(F)F)N1CCOC(CCc2ccccc2)C1. The molecular weight excluding hydrogens is 395 g/mol. The van der Waals surface area contributed by atoms with Gasteiger partial charge in [0.2, 0.25) is 10.0 Å². The molecule has 1 atom stereocenters. The molecule has 0 bridgehead atoms. The Morgan fingerprint density at radius 2 is 1.75 bits per heavy atom. The van der Waals surface area contributed by atoms with Crippen LogP contribution >= 0.6 is 0 Å². The molecule has 1 fully saturated rings. The van der Waals surface area contributed by atoms with Crippen LogP contribution in [0.5, 0.6) is 5.75 Å². The van der Waals surface area contributed by atoms with Gasteiger partial charge in [-0.2, -0.15) is 4.31 Å². The van der Waals surface area contributed by atoms with Gasteiger partial charge in [0.1, 0.15) is 10.6 Å². The molecule has 0 N–H and O–H groups in total. The summed E-state index contributed by atoms with van der Waals surface area (Å²) in [6.07, 6.45) is -3.99. The molecule has 0 radical (unpaired) electrons. The van der Waals surface area contributed by atoms with E-state index in [4.69, 9.17) is 4.74 Å². The number of hydrogen-bond donors (Lipinski definition) is 0. The summed E-state index contributed by atoms with van der Waals surface area (Å²) in [6, 6.07) is 14.5. The standard InChI is InChI=1S/C19H20F3NO4S/c20-19(21,22)27-17-8-4-5-9-18(17)28(24,25)23-12-13-26-16(14-23)11-10-15-6-2-1-3-7-15/h1-9,16H,10-14H2. The molecule has 1 unspecified atom stereocenters. The van der Waals surface area contributed by atoms with Crippen LogP contribution in [0, 0.1) is 0 Å². The Kier molecular flexibility index (Phi) is 6.26. The molecule has 3 rings (SSSR count). The maximum absolute atomic E-state index is 12.9. The lowest BCUT2D eigenvalue weighted by atomic mass is 10.1. The Labute approximate surface area is 161 Å². The van der Waals surface area contributed by atoms with Gasteiger partial charge in [0, 0.05) is 13.1 Å². The van der Waals surface area contributed by atoms with Crippen molar-refractivity contribution in [1.82, 2.24) is 4.31 Å². The highest BCUT2D eigenvalue weighted by Gasteiger charge is 2.37. The number of rotatable bonds is 6. The lowest BCUT2D eigenvalue weighted by molar-refractivity contribution is -0.275. The molecule has 0 aromatic heterocycles. The van der Waals surface area contributed by atoms with Gasteiger partial charge in [0.15, 0.2) is 0 Å². The van der Waals surface area contributed by atoms with Gasteiger partial charge < -0.3 is 9.47 Å². The lowest BCUT2D eigenvalue weighted by Gasteiger charge is -2.32. The summed E-state index contributed by atoms with van der Waals surface area (Å²) in [6.45, 7) is 0.334. The number of para-hydroxylation sites is 1. The van der Waals surface area contributed by atoms with Crippen LogP contribution in [0.3, 0.4) is 0 Å². The molecule has 28 heavy (non-hydrogen) atoms. The second-order valence-corrected chi connectivity index (χ2v) is 8.28. The van der Waals surface area contributed by atoms with Crippen molar-refractivity contribution in [3.8, 4) is 5.75 Å². The fourth-order valence-electron chi connectivity index (χ4n) is 3.07. The third-order valence-corrected chi connectivity index (χ3v) is 6.30. The molecule has 0 amide bonds. The second kappa shape index (κ2) is 8.50. The van der Waals surface area contributed by atoms with Gasteiger partial charge in [-0.1, -0.05) is 42.5 Å². The van der Waals surface area contributed by atoms with Crippen LogP contribution in [0.15, 0.2) is 59.5 Å². The molecule has 1 heterocycles. The van der Waals surface area contributed by atoms with E-state index in [0.717, 1.165) is 22.0 Å². The van der Waals surface area contributed by atoms with Crippen molar-refractivity contribution in [3.63, 3.8) is 0 Å². The van der Waals surface area contributed by atoms with Gasteiger partial charge in [-0.3, -0.25) is 0 Å². The number of benzene rings is 2. The predicted octanol–water partition coefficient (Wildman–Crippen LogP) is 3.61. The van der Waals surface area contributed by atoms with Gasteiger partial charge in [-0.05, 0) is 30.5 Å². The van der Waals surface area contributed by atoms with Crippen molar-refractivity contribution >= 4 is 10.0 Å². The average Bonchev–Trinajstić information content (AvgIpc) is 2.66. The van der Waals surface area contributed by atoms with Crippen molar-refractivity contribution in [2.75, 3.05) is 19.7 Å². The van der Waals surface area contributed by atoms with Crippen LogP contribution in [0.1, 0.15) is 12.0 Å². The summed E-state index contributed by atoms with van der Waals surface area (Å²) in [4.78, 5) is -0.504. The largest absolute Gasteiger partial charge is 0.573 e. The Morgan fingerprint density at radius 3 is 2.46 bits per heavy atom. The number of alkyl halides is 3. The van der Waals surface area contributed by atoms with E-state index in [9.17, 15) is 21.6 Å². The zero-order valence-corrected chi connectivity index (χ0v) is 15.7. The summed E-state index contributed by atoms with van der Waals surface area (Å²) in [5.41, 5.74) is 1.11. The zero-order chi connectivity index (χ0) is 20.2. The number of sulfonamides is 1. The molecule has 152 valence electrons. The van der Waals surface area contributed by atoms with Gasteiger partial charge in [0.25, 0.3) is 0 Å². The first-order valence-electron chi connectivity index (χ1n) is 8.76. The topological polar surface area (TPSA) is 55.8 Å². The maximum Gasteiger partial charge on any atom is 0.573 e. The van der Waals surface area contributed by atoms with Crippen LogP contribution in [0.25, 0.3) is 0 Å². The van der Waals surface area contributed by atoms with E-state index >= 15 is 0 Å². The lowest BCUT2D eigenvalue weighted by Crippen LogP contribution is -2.45. The van der Waals surface area contributed by atoms with Gasteiger partial charge in [-0.15, -0.1) is 13.2 Å². The van der Waals surface area contributed by atoms with Crippen LogP contribution < -0.4 is 4.74 Å². The van der Waals surface area contributed by atoms with Crippen molar-refractivity contribution in [1.29, 1.82) is 0 Å². The molecule has 0 aliphatic carbocycles. The van der Waals surface area contributed by atoms with Crippen molar-refractivity contribution in [3.05, 3.63) is 60.2 Å². The predicted molar refractivity (Wildman–Crippen MR) is 96.4 cm³/mol. The molecule has 1 aliphatic heterocycles. The minimum Gasteiger partial charge on any atom is -0.404 e. The third-order valence-electron chi connectivity index (χ3n) is 4.39. The Bertz CT molecular complexity index is 888. The number of hydrogen-bond acceptors (Lipinski definition) is 4. The van der Waals surface area contributed by atoms with Crippen molar-refractivity contribution < 1.29 is 31.1 Å². The molecule has 5 nitrogen and oxygen atoms in total. The fraction of sp³-hybridized carbons (Fsp3) is 0.368. The molecule has 1 aliphatic rings. The van der Waals surface area contributed by atoms with Crippen LogP contribution in [0.2, 0.25) is 0 Å². The summed E-state index contributed by atoms with van der Waals surface area (Å²) in [7, 11) is -4.15. The first-order chi connectivity index (χ1) is 13.3. The summed E-state index contributed by atoms with van der Waals surface area (Å²) in [5.74, 6) is -0.734. The monoisotopic (exact) mass is 415 g/mol. The quantitative estimate of drug-likeness (QED) is 0.723. The first kappa shape index (κ1) is 20.6. The number of halogens is 3. The Balaban J connectivity index is 1.73. The highest BCUT2D eigenvalue weighted by atomic mass is 32.2. The zero-order valence-electron chi connectivity index (χ0n) is 14.9. The number of morpholine rings is 1. The van der Waals surface area contributed by atoms with E-state index in [-0.39, 0.29) is 25.8 Å². The van der Waals surface area contributed by atoms with E-state index in [1.807, 2.05) is 30.3 Å². The van der Waals surface area contributed by atoms with Crippen LogP contribution in [-0.4, -0.2) is 44.9 Å². The van der Waals surface area contributed by atoms with E-state index in [2.05, 4.69) is 4.74 Å². The first-order valence-corrected chi connectivity index (χ1v) is 10.2. The molecule has 0 spiro atoms. The molecule has 2 aromatic rings. The second-order valence-electron chi connectivity index (χ2n) is 6.37. The summed E-state index contributed by atoms with van der Waals surface area (Å²) in [5, 5.41) is 0. The summed E-state index contributed by atoms with van der Waals surface area (Å²) >= 11 is 0. The van der Waals surface area contributed by atoms with Gasteiger partial charge in [0.05, 0.1) is 12.7 Å². The molecule has 9 heteroatoms. The maximum atomic E-state index is 12.9. The van der Waals surface area contributed by atoms with E-state index in [1.165, 1.54) is 12.1 Å². The average molecular weight is 415 g/mol. The molecule has 1 saturated heterocycles. The van der Waals surface area contributed by atoms with Gasteiger partial charge >= 0.3 is 6.36 Å². The van der Waals surface area contributed by atoms with Crippen molar-refractivity contribution in [2.45, 2.75) is 30.2 Å². The molecular formula is C19H20F3NO4S. The number of nitrogens with zero attached hydrogens (tertiary/aromatic N) is 1. The molecule has 2 aromatic carbocycles. The van der Waals surface area contributed by atoms with Crippen molar-refractivity contribution in [2.24, 2.45) is 0 Å². The Hall–Kier alpha value is -2.10. The van der Waals surface area contributed by atoms with E-state index in [0.29, 0.717) is 12.8 Å². The highest BCUT2D eigenvalue weighted by molar-refractivity contribution is 7.89. The smallest absolute Gasteiger partial charge is 0.404 e. The fourth-order valence-corrected chi connectivity index (χ4v) is 4.64. The normalized spacial score (nSPS) is 18.8. The number of aryl methyl sites for hydroxylation is 1. The highest BCUT2D eigenvalue weighted by Crippen LogP contribution is 2.32. The minimum absolute atomic E-state index is 0.0739. The van der Waals surface area contributed by atoms with Crippen LogP contribution in [0.4, 0.5) is 13.2 Å². The van der Waals surface area contributed by atoms with E-state index in [1.54, 1.807) is 0 Å². The van der Waals surface area contributed by atoms with E-state index < -0.39 is 27.0 Å². The van der Waals surface area contributed by atoms with Gasteiger partial charge in [-0.25, -0.2) is 8.42 Å². The third kappa shape index (κ3) is 5.24.